The van der Waals surface area contributed by atoms with Gasteiger partial charge in [0, 0.05) is 18.6 Å². The molecule has 0 unspecified atom stereocenters. The number of ether oxygens (including phenoxy) is 2. The first-order chi connectivity index (χ1) is 21.8. The van der Waals surface area contributed by atoms with Crippen LogP contribution in [0, 0.1) is 46.3 Å². The molecule has 264 valence electrons. The Morgan fingerprint density at radius 2 is 1.42 bits per heavy atom. The van der Waals surface area contributed by atoms with Gasteiger partial charge in [-0.25, -0.2) is 0 Å². The summed E-state index contributed by atoms with van der Waals surface area (Å²) < 4.78 is 13.9. The van der Waals surface area contributed by atoms with E-state index in [4.69, 9.17) is 20.9 Å². The monoisotopic (exact) mass is 632 g/mol. The molecule has 4 aliphatic rings. The number of hydrogen-bond donors (Lipinski definition) is 2. The highest BCUT2D eigenvalue weighted by Crippen LogP contribution is 2.69. The predicted molar refractivity (Wildman–Crippen MR) is 191 cm³/mol. The number of rotatable bonds is 21. The Balaban J connectivity index is 1.52. The Morgan fingerprint density at radius 1 is 0.756 bits per heavy atom. The third kappa shape index (κ3) is 8.89. The van der Waals surface area contributed by atoms with Crippen molar-refractivity contribution < 1.29 is 9.47 Å². The standard InChI is InChI=1S/C40H77N3O2/c1-6-8-12-24-43(25-13-9-7-2)26-14-17-31(3)33-19-20-34-38-35(30-37(40(33,34)5)45-28-16-23-42)39(4)21-11-10-18-32(39)29-36(38)44-27-15-22-41/h31-38H,6-30,41-42H2,1-5H3/t31-,32+,33-,34+,35+,36-,37+,38+,39+,40-/m1/s1. The predicted octanol–water partition coefficient (Wildman–Crippen LogP) is 8.82. The Morgan fingerprint density at radius 3 is 2.09 bits per heavy atom. The van der Waals surface area contributed by atoms with Gasteiger partial charge in [0.1, 0.15) is 0 Å². The van der Waals surface area contributed by atoms with Crippen LogP contribution in [-0.2, 0) is 9.47 Å². The highest BCUT2D eigenvalue weighted by atomic mass is 16.5. The topological polar surface area (TPSA) is 73.7 Å². The molecule has 0 bridgehead atoms. The third-order valence-electron chi connectivity index (χ3n) is 14.0. The summed E-state index contributed by atoms with van der Waals surface area (Å²) in [5, 5.41) is 0. The van der Waals surface area contributed by atoms with Gasteiger partial charge in [0.25, 0.3) is 0 Å². The molecule has 4 rings (SSSR count). The smallest absolute Gasteiger partial charge is 0.0637 e. The molecule has 0 aromatic rings. The molecule has 45 heavy (non-hydrogen) atoms. The molecule has 0 saturated heterocycles. The second kappa shape index (κ2) is 18.5. The van der Waals surface area contributed by atoms with E-state index in [1.807, 2.05) is 0 Å². The second-order valence-electron chi connectivity index (χ2n) is 16.7. The van der Waals surface area contributed by atoms with Crippen LogP contribution in [0.25, 0.3) is 0 Å². The Kier molecular flexibility index (Phi) is 15.5. The molecule has 10 atom stereocenters. The van der Waals surface area contributed by atoms with Gasteiger partial charge in [-0.2, -0.15) is 0 Å². The molecule has 0 aromatic heterocycles. The summed E-state index contributed by atoms with van der Waals surface area (Å²) in [6, 6.07) is 0. The van der Waals surface area contributed by atoms with Crippen LogP contribution >= 0.6 is 0 Å². The van der Waals surface area contributed by atoms with Gasteiger partial charge in [-0.3, -0.25) is 0 Å². The summed E-state index contributed by atoms with van der Waals surface area (Å²) in [5.74, 6) is 4.37. The summed E-state index contributed by atoms with van der Waals surface area (Å²) in [7, 11) is 0. The van der Waals surface area contributed by atoms with E-state index in [2.05, 4.69) is 39.5 Å². The molecule has 0 aliphatic heterocycles. The van der Waals surface area contributed by atoms with Crippen molar-refractivity contribution >= 4 is 0 Å². The van der Waals surface area contributed by atoms with Crippen molar-refractivity contribution in [2.45, 2.75) is 162 Å². The molecule has 4 fully saturated rings. The summed E-state index contributed by atoms with van der Waals surface area (Å²) in [5.41, 5.74) is 12.6. The number of hydrogen-bond acceptors (Lipinski definition) is 5. The van der Waals surface area contributed by atoms with Gasteiger partial charge >= 0.3 is 0 Å². The Hall–Kier alpha value is -0.200. The average molecular weight is 632 g/mol. The van der Waals surface area contributed by atoms with Crippen LogP contribution in [0.4, 0.5) is 0 Å². The lowest BCUT2D eigenvalue weighted by Crippen LogP contribution is -2.62. The van der Waals surface area contributed by atoms with Crippen molar-refractivity contribution in [2.75, 3.05) is 45.9 Å². The van der Waals surface area contributed by atoms with Crippen LogP contribution in [0.1, 0.15) is 150 Å². The molecule has 4 saturated carbocycles. The fourth-order valence-corrected chi connectivity index (χ4v) is 11.5. The van der Waals surface area contributed by atoms with Crippen LogP contribution in [0.3, 0.4) is 0 Å². The van der Waals surface area contributed by atoms with Gasteiger partial charge in [-0.05, 0) is 151 Å². The highest BCUT2D eigenvalue weighted by molar-refractivity contribution is 5.14. The van der Waals surface area contributed by atoms with E-state index in [1.54, 1.807) is 0 Å². The van der Waals surface area contributed by atoms with Crippen molar-refractivity contribution in [2.24, 2.45) is 57.8 Å². The zero-order valence-corrected chi connectivity index (χ0v) is 30.7. The highest BCUT2D eigenvalue weighted by Gasteiger charge is 2.66. The molecule has 4 aliphatic carbocycles. The van der Waals surface area contributed by atoms with E-state index >= 15 is 0 Å². The van der Waals surface area contributed by atoms with Crippen LogP contribution in [0.2, 0.25) is 0 Å². The van der Waals surface area contributed by atoms with Crippen molar-refractivity contribution in [3.8, 4) is 0 Å². The van der Waals surface area contributed by atoms with Gasteiger partial charge in [-0.1, -0.05) is 73.1 Å². The minimum absolute atomic E-state index is 0.227. The van der Waals surface area contributed by atoms with E-state index in [-0.39, 0.29) is 5.41 Å². The van der Waals surface area contributed by atoms with E-state index in [1.165, 1.54) is 122 Å². The first kappa shape index (κ1) is 37.6. The molecular weight excluding hydrogens is 554 g/mol. The summed E-state index contributed by atoms with van der Waals surface area (Å²) in [4.78, 5) is 2.80. The van der Waals surface area contributed by atoms with Gasteiger partial charge in [0.15, 0.2) is 0 Å². The zero-order valence-electron chi connectivity index (χ0n) is 30.7. The van der Waals surface area contributed by atoms with E-state index in [9.17, 15) is 0 Å². The molecule has 0 heterocycles. The second-order valence-corrected chi connectivity index (χ2v) is 16.7. The minimum Gasteiger partial charge on any atom is -0.378 e. The van der Waals surface area contributed by atoms with E-state index in [0.717, 1.165) is 56.9 Å². The van der Waals surface area contributed by atoms with Crippen LogP contribution in [0.15, 0.2) is 0 Å². The lowest BCUT2D eigenvalue weighted by Gasteiger charge is -2.64. The number of unbranched alkanes of at least 4 members (excludes halogenated alkanes) is 4. The van der Waals surface area contributed by atoms with E-state index < -0.39 is 0 Å². The van der Waals surface area contributed by atoms with E-state index in [0.29, 0.717) is 35.4 Å². The molecule has 5 nitrogen and oxygen atoms in total. The quantitative estimate of drug-likeness (QED) is 0.124. The van der Waals surface area contributed by atoms with Crippen LogP contribution in [-0.4, -0.2) is 63.0 Å². The molecule has 4 N–H and O–H groups in total. The Bertz CT molecular complexity index is 815. The maximum absolute atomic E-state index is 7.04. The zero-order chi connectivity index (χ0) is 32.3. The fourth-order valence-electron chi connectivity index (χ4n) is 11.5. The molecule has 5 heteroatoms. The maximum atomic E-state index is 7.04. The molecule has 0 amide bonds. The third-order valence-corrected chi connectivity index (χ3v) is 14.0. The fraction of sp³-hybridized carbons (Fsp3) is 1.00. The lowest BCUT2D eigenvalue weighted by molar-refractivity contribution is -0.221. The Labute approximate surface area is 280 Å². The summed E-state index contributed by atoms with van der Waals surface area (Å²) in [6.07, 6.45) is 24.3. The number of nitrogens with two attached hydrogens (primary N) is 2. The summed E-state index contributed by atoms with van der Waals surface area (Å²) in [6.45, 7) is 19.6. The molecule has 0 radical (unpaired) electrons. The summed E-state index contributed by atoms with van der Waals surface area (Å²) >= 11 is 0. The molecular formula is C40H77N3O2. The van der Waals surface area contributed by atoms with Gasteiger partial charge in [0.05, 0.1) is 12.2 Å². The SMILES string of the molecule is CCCCCN(CCCCC)CCC[C@@H](C)[C@H]1CC[C@H]2[C@@H]3[C@H](OCCCN)C[C@@H]4CCCC[C@]4(C)[C@H]3C[C@H](OCCCN)[C@]12C. The normalized spacial score (nSPS) is 36.9. The van der Waals surface area contributed by atoms with Crippen molar-refractivity contribution in [1.29, 1.82) is 0 Å². The van der Waals surface area contributed by atoms with Crippen LogP contribution < -0.4 is 11.5 Å². The lowest BCUT2D eigenvalue weighted by atomic mass is 9.43. The minimum atomic E-state index is 0.227. The first-order valence-electron chi connectivity index (χ1n) is 20.2. The van der Waals surface area contributed by atoms with Crippen molar-refractivity contribution in [1.82, 2.24) is 4.90 Å². The van der Waals surface area contributed by atoms with Crippen molar-refractivity contribution in [3.63, 3.8) is 0 Å². The number of fused-ring (bicyclic) bond motifs is 5. The van der Waals surface area contributed by atoms with Crippen molar-refractivity contribution in [3.05, 3.63) is 0 Å². The maximum Gasteiger partial charge on any atom is 0.0637 e. The van der Waals surface area contributed by atoms with Gasteiger partial charge < -0.3 is 25.8 Å². The van der Waals surface area contributed by atoms with Crippen LogP contribution in [0.5, 0.6) is 0 Å². The largest absolute Gasteiger partial charge is 0.378 e. The molecule has 0 aromatic carbocycles. The number of nitrogens with zero attached hydrogens (tertiary/aromatic N) is 1. The van der Waals surface area contributed by atoms with Gasteiger partial charge in [0.2, 0.25) is 0 Å². The average Bonchev–Trinajstić information content (AvgIpc) is 3.39. The first-order valence-corrected chi connectivity index (χ1v) is 20.2. The molecule has 0 spiro atoms. The van der Waals surface area contributed by atoms with Gasteiger partial charge in [-0.15, -0.1) is 0 Å².